The quantitative estimate of drug-likeness (QED) is 0.523. The zero-order chi connectivity index (χ0) is 19.2. The van der Waals surface area contributed by atoms with Gasteiger partial charge in [0.25, 0.3) is 5.56 Å². The molecule has 0 amide bonds. The van der Waals surface area contributed by atoms with Gasteiger partial charge in [-0.25, -0.2) is 0 Å². The second-order valence-electron chi connectivity index (χ2n) is 5.66. The van der Waals surface area contributed by atoms with E-state index in [1.165, 1.54) is 6.21 Å². The molecule has 0 spiro atoms. The summed E-state index contributed by atoms with van der Waals surface area (Å²) in [4.78, 5) is 12.1. The highest BCUT2D eigenvalue weighted by atomic mass is 32.1. The van der Waals surface area contributed by atoms with Crippen LogP contribution in [-0.2, 0) is 6.61 Å². The molecule has 0 bridgehead atoms. The van der Waals surface area contributed by atoms with Gasteiger partial charge in [-0.15, -0.1) is 0 Å². The van der Waals surface area contributed by atoms with Crippen molar-refractivity contribution < 1.29 is 9.47 Å². The molecule has 3 aromatic rings. The molecule has 138 valence electrons. The fourth-order valence-corrected chi connectivity index (χ4v) is 2.50. The lowest BCUT2D eigenvalue weighted by atomic mass is 10.2. The Hall–Kier alpha value is -3.26. The van der Waals surface area contributed by atoms with Crippen molar-refractivity contribution in [3.8, 4) is 11.5 Å². The SMILES string of the molecule is COc1cc(/C=N\n2c(=S)[nH]nc(C)c2=O)ccc1OCc1ccccc1. The van der Waals surface area contributed by atoms with Gasteiger partial charge < -0.3 is 9.47 Å². The lowest BCUT2D eigenvalue weighted by molar-refractivity contribution is 0.284. The maximum absolute atomic E-state index is 12.1. The van der Waals surface area contributed by atoms with Crippen LogP contribution >= 0.6 is 12.2 Å². The number of benzene rings is 2. The number of hydrogen-bond acceptors (Lipinski definition) is 6. The van der Waals surface area contributed by atoms with E-state index in [0.29, 0.717) is 18.1 Å². The smallest absolute Gasteiger partial charge is 0.296 e. The number of methoxy groups -OCH3 is 1. The fraction of sp³-hybridized carbons (Fsp3) is 0.158. The van der Waals surface area contributed by atoms with E-state index in [1.54, 1.807) is 26.2 Å². The molecule has 0 atom stereocenters. The van der Waals surface area contributed by atoms with Crippen LogP contribution in [0.5, 0.6) is 11.5 Å². The molecule has 2 aromatic carbocycles. The Kier molecular flexibility index (Phi) is 5.77. The summed E-state index contributed by atoms with van der Waals surface area (Å²) in [6.45, 7) is 2.02. The van der Waals surface area contributed by atoms with E-state index in [1.807, 2.05) is 36.4 Å². The summed E-state index contributed by atoms with van der Waals surface area (Å²) >= 11 is 5.05. The van der Waals surface area contributed by atoms with Crippen molar-refractivity contribution in [3.63, 3.8) is 0 Å². The molecule has 0 saturated carbocycles. The van der Waals surface area contributed by atoms with Crippen LogP contribution in [0.4, 0.5) is 0 Å². The van der Waals surface area contributed by atoms with E-state index in [4.69, 9.17) is 21.7 Å². The molecule has 0 saturated heterocycles. The number of H-pyrrole nitrogens is 1. The van der Waals surface area contributed by atoms with E-state index in [0.717, 1.165) is 15.8 Å². The van der Waals surface area contributed by atoms with E-state index in [2.05, 4.69) is 15.3 Å². The highest BCUT2D eigenvalue weighted by Gasteiger charge is 2.06. The van der Waals surface area contributed by atoms with E-state index in [9.17, 15) is 4.79 Å². The van der Waals surface area contributed by atoms with Gasteiger partial charge in [-0.05, 0) is 48.5 Å². The molecule has 7 nitrogen and oxygen atoms in total. The summed E-state index contributed by atoms with van der Waals surface area (Å²) in [7, 11) is 1.57. The topological polar surface area (TPSA) is 81.5 Å². The van der Waals surface area contributed by atoms with Gasteiger partial charge in [-0.2, -0.15) is 14.9 Å². The minimum absolute atomic E-state index is 0.122. The molecule has 0 aliphatic rings. The van der Waals surface area contributed by atoms with Gasteiger partial charge in [0.1, 0.15) is 12.3 Å². The van der Waals surface area contributed by atoms with Gasteiger partial charge in [0.15, 0.2) is 11.5 Å². The Labute approximate surface area is 160 Å². The first kappa shape index (κ1) is 18.5. The normalized spacial score (nSPS) is 10.9. The minimum Gasteiger partial charge on any atom is -0.493 e. The van der Waals surface area contributed by atoms with E-state index < -0.39 is 0 Å². The lowest BCUT2D eigenvalue weighted by Gasteiger charge is -2.11. The lowest BCUT2D eigenvalue weighted by Crippen LogP contribution is -2.22. The molecule has 1 N–H and O–H groups in total. The first-order valence-electron chi connectivity index (χ1n) is 8.16. The fourth-order valence-electron chi connectivity index (χ4n) is 2.32. The number of aromatic amines is 1. The molecule has 0 radical (unpaired) electrons. The maximum atomic E-state index is 12.1. The van der Waals surface area contributed by atoms with Crippen LogP contribution in [0, 0.1) is 11.7 Å². The predicted molar refractivity (Wildman–Crippen MR) is 105 cm³/mol. The maximum Gasteiger partial charge on any atom is 0.296 e. The standard InChI is InChI=1S/C19H18N4O3S/c1-13-18(24)23(19(27)22-21-13)20-11-15-8-9-16(17(10-15)25-2)26-12-14-6-4-3-5-7-14/h3-11H,12H2,1-2H3,(H,22,27)/b20-11-. The highest BCUT2D eigenvalue weighted by Crippen LogP contribution is 2.28. The monoisotopic (exact) mass is 382 g/mol. The summed E-state index contributed by atoms with van der Waals surface area (Å²) in [6, 6.07) is 15.3. The average Bonchev–Trinajstić information content (AvgIpc) is 2.70. The van der Waals surface area contributed by atoms with Crippen LogP contribution in [0.3, 0.4) is 0 Å². The van der Waals surface area contributed by atoms with E-state index in [-0.39, 0.29) is 16.0 Å². The van der Waals surface area contributed by atoms with Crippen LogP contribution in [-0.4, -0.2) is 28.2 Å². The van der Waals surface area contributed by atoms with Crippen LogP contribution in [0.15, 0.2) is 58.4 Å². The molecule has 3 rings (SSSR count). The van der Waals surface area contributed by atoms with Crippen molar-refractivity contribution in [3.05, 3.63) is 80.5 Å². The van der Waals surface area contributed by atoms with Gasteiger partial charge in [-0.1, -0.05) is 30.3 Å². The average molecular weight is 382 g/mol. The van der Waals surface area contributed by atoms with Gasteiger partial charge in [0, 0.05) is 0 Å². The van der Waals surface area contributed by atoms with Crippen LogP contribution in [0.2, 0.25) is 0 Å². The molecule has 0 aliphatic carbocycles. The number of ether oxygens (including phenoxy) is 2. The van der Waals surface area contributed by atoms with Crippen molar-refractivity contribution in [2.24, 2.45) is 5.10 Å². The largest absolute Gasteiger partial charge is 0.493 e. The molecular weight excluding hydrogens is 364 g/mol. The number of hydrogen-bond donors (Lipinski definition) is 1. The summed E-state index contributed by atoms with van der Waals surface area (Å²) in [6.07, 6.45) is 1.52. The van der Waals surface area contributed by atoms with Gasteiger partial charge in [0.2, 0.25) is 4.77 Å². The Balaban J connectivity index is 1.81. The third kappa shape index (κ3) is 4.48. The van der Waals surface area contributed by atoms with Gasteiger partial charge in [-0.3, -0.25) is 9.89 Å². The van der Waals surface area contributed by atoms with Crippen LogP contribution in [0.1, 0.15) is 16.8 Å². The molecule has 1 aromatic heterocycles. The molecule has 27 heavy (non-hydrogen) atoms. The summed E-state index contributed by atoms with van der Waals surface area (Å²) in [5.41, 5.74) is 1.70. The molecule has 8 heteroatoms. The second-order valence-corrected chi connectivity index (χ2v) is 6.05. The second kappa shape index (κ2) is 8.41. The van der Waals surface area contributed by atoms with Crippen LogP contribution in [0.25, 0.3) is 0 Å². The molecule has 0 aliphatic heterocycles. The molecule has 1 heterocycles. The molecule has 0 fully saturated rings. The predicted octanol–water partition coefficient (Wildman–Crippen LogP) is 3.08. The summed E-state index contributed by atoms with van der Waals surface area (Å²) in [5, 5.41) is 10.5. The van der Waals surface area contributed by atoms with Gasteiger partial charge in [0.05, 0.1) is 13.3 Å². The number of nitrogens with zero attached hydrogens (tertiary/aromatic N) is 3. The zero-order valence-electron chi connectivity index (χ0n) is 14.9. The van der Waals surface area contributed by atoms with Gasteiger partial charge >= 0.3 is 0 Å². The zero-order valence-corrected chi connectivity index (χ0v) is 15.7. The molecule has 0 unspecified atom stereocenters. The van der Waals surface area contributed by atoms with Crippen LogP contribution < -0.4 is 15.0 Å². The first-order valence-corrected chi connectivity index (χ1v) is 8.57. The van der Waals surface area contributed by atoms with E-state index >= 15 is 0 Å². The van der Waals surface area contributed by atoms with Crippen molar-refractivity contribution in [2.45, 2.75) is 13.5 Å². The van der Waals surface area contributed by atoms with Crippen molar-refractivity contribution in [1.82, 2.24) is 14.9 Å². The first-order chi connectivity index (χ1) is 13.1. The highest BCUT2D eigenvalue weighted by molar-refractivity contribution is 7.71. The number of nitrogens with one attached hydrogen (secondary N) is 1. The Morgan fingerprint density at radius 3 is 2.74 bits per heavy atom. The van der Waals surface area contributed by atoms with Crippen molar-refractivity contribution in [2.75, 3.05) is 7.11 Å². The summed E-state index contributed by atoms with van der Waals surface area (Å²) < 4.78 is 12.4. The Morgan fingerprint density at radius 1 is 1.22 bits per heavy atom. The number of aromatic nitrogens is 3. The number of rotatable bonds is 6. The molecular formula is C19H18N4O3S. The number of aryl methyl sites for hydroxylation is 1. The third-order valence-corrected chi connectivity index (χ3v) is 4.02. The Morgan fingerprint density at radius 2 is 2.00 bits per heavy atom. The third-order valence-electron chi connectivity index (χ3n) is 3.76. The van der Waals surface area contributed by atoms with Crippen molar-refractivity contribution in [1.29, 1.82) is 0 Å². The minimum atomic E-state index is -0.371. The Bertz CT molecular complexity index is 1070. The van der Waals surface area contributed by atoms with Crippen molar-refractivity contribution >= 4 is 18.4 Å². The summed E-state index contributed by atoms with van der Waals surface area (Å²) in [5.74, 6) is 1.19.